The summed E-state index contributed by atoms with van der Waals surface area (Å²) >= 11 is 2.59. The summed E-state index contributed by atoms with van der Waals surface area (Å²) in [6.45, 7) is 12.2. The smallest absolute Gasteiger partial charge is 0.192 e. The second kappa shape index (κ2) is 7.86. The van der Waals surface area contributed by atoms with E-state index in [2.05, 4.69) is 57.2 Å². The number of hydrogen-bond donors (Lipinski definition) is 0. The second-order valence-electron chi connectivity index (χ2n) is 8.22. The summed E-state index contributed by atoms with van der Waals surface area (Å²) in [6, 6.07) is 3.90. The van der Waals surface area contributed by atoms with E-state index in [1.54, 1.807) is 0 Å². The van der Waals surface area contributed by atoms with E-state index in [-0.39, 0.29) is 0 Å². The molecular weight excluding hydrogens is 399 g/mol. The molecule has 0 radical (unpaired) electrons. The Labute approximate surface area is 153 Å². The summed E-state index contributed by atoms with van der Waals surface area (Å²) in [6.07, 6.45) is 7.63. The van der Waals surface area contributed by atoms with Crippen molar-refractivity contribution >= 4 is 30.9 Å². The lowest BCUT2D eigenvalue weighted by atomic mass is 9.62. The van der Waals surface area contributed by atoms with Gasteiger partial charge in [-0.05, 0) is 67.0 Å². The Morgan fingerprint density at radius 3 is 2.32 bits per heavy atom. The van der Waals surface area contributed by atoms with Crippen LogP contribution in [-0.4, -0.2) is 18.8 Å². The van der Waals surface area contributed by atoms with Crippen molar-refractivity contribution in [3.05, 3.63) is 0 Å². The maximum absolute atomic E-state index is 7.00. The zero-order valence-corrected chi connectivity index (χ0v) is 18.6. The Balaban J connectivity index is 2.16. The topological polar surface area (TPSA) is 9.23 Å². The largest absolute Gasteiger partial charge is 0.414 e. The maximum Gasteiger partial charge on any atom is 0.192 e. The molecule has 0 amide bonds. The van der Waals surface area contributed by atoms with Crippen LogP contribution in [0.25, 0.3) is 0 Å². The van der Waals surface area contributed by atoms with E-state index in [1.807, 2.05) is 0 Å². The van der Waals surface area contributed by atoms with Crippen molar-refractivity contribution in [2.24, 2.45) is 23.2 Å². The third-order valence-electron chi connectivity index (χ3n) is 7.40. The number of hydrogen-bond acceptors (Lipinski definition) is 1. The van der Waals surface area contributed by atoms with Crippen LogP contribution in [0.3, 0.4) is 0 Å². The molecule has 2 rings (SSSR count). The molecule has 0 heterocycles. The summed E-state index contributed by atoms with van der Waals surface area (Å²) < 4.78 is 8.32. The van der Waals surface area contributed by atoms with Crippen LogP contribution in [0.15, 0.2) is 0 Å². The third-order valence-corrected chi connectivity index (χ3v) is 13.5. The zero-order chi connectivity index (χ0) is 16.4. The lowest BCUT2D eigenvalue weighted by molar-refractivity contribution is -0.0169. The first-order valence-electron chi connectivity index (χ1n) is 9.70. The van der Waals surface area contributed by atoms with Crippen LogP contribution in [0, 0.1) is 23.2 Å². The lowest BCUT2D eigenvalue weighted by Crippen LogP contribution is -2.48. The van der Waals surface area contributed by atoms with Gasteiger partial charge < -0.3 is 4.43 Å². The molecule has 0 saturated heterocycles. The zero-order valence-electron chi connectivity index (χ0n) is 15.5. The molecule has 1 nitrogen and oxygen atoms in total. The molecule has 0 N–H and O–H groups in total. The fourth-order valence-corrected chi connectivity index (χ4v) is 9.20. The number of fused-ring (bicyclic) bond motifs is 1. The molecule has 2 saturated carbocycles. The van der Waals surface area contributed by atoms with Crippen LogP contribution >= 0.6 is 22.6 Å². The number of rotatable bonds is 7. The number of alkyl halides is 1. The Bertz CT molecular complexity index is 349. The summed E-state index contributed by atoms with van der Waals surface area (Å²) in [4.78, 5) is 0. The fourth-order valence-electron chi connectivity index (χ4n) is 5.66. The molecule has 2 fully saturated rings. The molecule has 130 valence electrons. The highest BCUT2D eigenvalue weighted by Gasteiger charge is 2.53. The second-order valence-corrected chi connectivity index (χ2v) is 13.8. The van der Waals surface area contributed by atoms with Crippen LogP contribution in [0.4, 0.5) is 0 Å². The molecule has 0 aromatic carbocycles. The first-order chi connectivity index (χ1) is 10.5. The van der Waals surface area contributed by atoms with Gasteiger partial charge in [0.1, 0.15) is 0 Å². The molecule has 2 aliphatic rings. The minimum absolute atomic E-state index is 0.558. The average Bonchev–Trinajstić information content (AvgIpc) is 2.90. The van der Waals surface area contributed by atoms with Gasteiger partial charge in [0.15, 0.2) is 8.32 Å². The molecule has 0 aliphatic heterocycles. The monoisotopic (exact) mass is 436 g/mol. The van der Waals surface area contributed by atoms with Crippen molar-refractivity contribution in [2.75, 3.05) is 4.43 Å². The molecule has 3 heteroatoms. The molecule has 0 bridgehead atoms. The van der Waals surface area contributed by atoms with Gasteiger partial charge in [0.05, 0.1) is 0 Å². The Hall–Kier alpha value is 0.907. The standard InChI is InChI=1S/C19H37IOSi/c1-6-22(7-2,8-3)21-18-10-9-13-19(5)16(15(4)14-20)11-12-17(18)19/h15-18H,6-14H2,1-5H3/t15-,16?,17+,18+,19-/m1/s1. The van der Waals surface area contributed by atoms with Crippen LogP contribution in [0.2, 0.25) is 18.1 Å². The van der Waals surface area contributed by atoms with Crippen molar-refractivity contribution in [3.63, 3.8) is 0 Å². The molecule has 0 aromatic rings. The summed E-state index contributed by atoms with van der Waals surface area (Å²) in [5, 5.41) is 0. The predicted octanol–water partition coefficient (Wildman–Crippen LogP) is 6.66. The van der Waals surface area contributed by atoms with Gasteiger partial charge in [-0.25, -0.2) is 0 Å². The van der Waals surface area contributed by atoms with Gasteiger partial charge in [-0.1, -0.05) is 63.6 Å². The molecule has 5 atom stereocenters. The molecule has 22 heavy (non-hydrogen) atoms. The molecule has 1 unspecified atom stereocenters. The van der Waals surface area contributed by atoms with Crippen LogP contribution in [0.1, 0.15) is 66.7 Å². The highest BCUT2D eigenvalue weighted by molar-refractivity contribution is 14.1. The average molecular weight is 436 g/mol. The van der Waals surface area contributed by atoms with E-state index in [0.717, 1.165) is 17.8 Å². The van der Waals surface area contributed by atoms with Crippen LogP contribution in [-0.2, 0) is 4.43 Å². The quantitative estimate of drug-likeness (QED) is 0.246. The van der Waals surface area contributed by atoms with Gasteiger partial charge in [-0.3, -0.25) is 0 Å². The SMILES string of the molecule is CC[Si](CC)(CC)O[C@H]1CCC[C@]2(C)C([C@H](C)CI)CC[C@@H]12. The van der Waals surface area contributed by atoms with Crippen LogP contribution < -0.4 is 0 Å². The van der Waals surface area contributed by atoms with Crippen molar-refractivity contribution < 1.29 is 4.43 Å². The van der Waals surface area contributed by atoms with Gasteiger partial charge in [0.2, 0.25) is 0 Å². The minimum atomic E-state index is -1.46. The third kappa shape index (κ3) is 3.46. The lowest BCUT2D eigenvalue weighted by Gasteiger charge is -2.48. The Kier molecular flexibility index (Phi) is 6.87. The maximum atomic E-state index is 7.00. The van der Waals surface area contributed by atoms with E-state index >= 15 is 0 Å². The molecule has 0 spiro atoms. The predicted molar refractivity (Wildman–Crippen MR) is 108 cm³/mol. The molecule has 2 aliphatic carbocycles. The van der Waals surface area contributed by atoms with E-state index in [9.17, 15) is 0 Å². The van der Waals surface area contributed by atoms with Crippen molar-refractivity contribution in [1.29, 1.82) is 0 Å². The van der Waals surface area contributed by atoms with Gasteiger partial charge in [-0.15, -0.1) is 0 Å². The minimum Gasteiger partial charge on any atom is -0.414 e. The van der Waals surface area contributed by atoms with Crippen molar-refractivity contribution in [1.82, 2.24) is 0 Å². The molecule has 0 aromatic heterocycles. The summed E-state index contributed by atoms with van der Waals surface area (Å²) in [5.74, 6) is 2.65. The van der Waals surface area contributed by atoms with E-state index in [4.69, 9.17) is 4.43 Å². The van der Waals surface area contributed by atoms with E-state index in [1.165, 1.54) is 54.7 Å². The normalized spacial score (nSPS) is 37.1. The van der Waals surface area contributed by atoms with Gasteiger partial charge in [-0.2, -0.15) is 0 Å². The van der Waals surface area contributed by atoms with Crippen LogP contribution in [0.5, 0.6) is 0 Å². The number of halogens is 1. The first-order valence-corrected chi connectivity index (χ1v) is 13.8. The van der Waals surface area contributed by atoms with E-state index in [0.29, 0.717) is 11.5 Å². The summed E-state index contributed by atoms with van der Waals surface area (Å²) in [5.41, 5.74) is 0.558. The van der Waals surface area contributed by atoms with E-state index < -0.39 is 8.32 Å². The van der Waals surface area contributed by atoms with Crippen molar-refractivity contribution in [2.45, 2.75) is 91.0 Å². The van der Waals surface area contributed by atoms with Gasteiger partial charge in [0.25, 0.3) is 0 Å². The highest BCUT2D eigenvalue weighted by atomic mass is 127. The van der Waals surface area contributed by atoms with Crippen molar-refractivity contribution in [3.8, 4) is 0 Å². The van der Waals surface area contributed by atoms with Gasteiger partial charge in [0, 0.05) is 10.5 Å². The highest BCUT2D eigenvalue weighted by Crippen LogP contribution is 2.58. The Morgan fingerprint density at radius 1 is 1.14 bits per heavy atom. The van der Waals surface area contributed by atoms with Gasteiger partial charge >= 0.3 is 0 Å². The fraction of sp³-hybridized carbons (Fsp3) is 1.00. The molecular formula is C19H37IOSi. The Morgan fingerprint density at radius 2 is 1.77 bits per heavy atom. The first kappa shape index (κ1) is 19.2. The summed E-state index contributed by atoms with van der Waals surface area (Å²) in [7, 11) is -1.46.